The first-order valence-corrected chi connectivity index (χ1v) is 7.19. The number of aromatic nitrogens is 3. The van der Waals surface area contributed by atoms with E-state index in [9.17, 15) is 18.4 Å². The van der Waals surface area contributed by atoms with Crippen LogP contribution in [0.5, 0.6) is 0 Å². The molecule has 0 saturated heterocycles. The predicted octanol–water partition coefficient (Wildman–Crippen LogP) is 3.75. The Bertz CT molecular complexity index is 1050. The molecule has 0 N–H and O–H groups in total. The van der Waals surface area contributed by atoms with E-state index in [4.69, 9.17) is 0 Å². The number of fused-ring (bicyclic) bond motifs is 3. The number of allylic oxidation sites excluding steroid dienone is 1. The van der Waals surface area contributed by atoms with Crippen LogP contribution in [0.25, 0.3) is 22.5 Å². The number of halogens is 3. The molecule has 25 heavy (non-hydrogen) atoms. The first-order valence-electron chi connectivity index (χ1n) is 7.19. The molecule has 0 amide bonds. The van der Waals surface area contributed by atoms with Crippen LogP contribution in [0.2, 0.25) is 0 Å². The van der Waals surface area contributed by atoms with Gasteiger partial charge in [-0.2, -0.15) is 19.0 Å². The van der Waals surface area contributed by atoms with Crippen LogP contribution in [-0.2, 0) is 0 Å². The lowest BCUT2D eigenvalue weighted by Crippen LogP contribution is -2.01. The Labute approximate surface area is 139 Å². The van der Waals surface area contributed by atoms with E-state index in [2.05, 4.69) is 15.0 Å². The second-order valence-electron chi connectivity index (χ2n) is 5.26. The van der Waals surface area contributed by atoms with E-state index in [0.717, 1.165) is 0 Å². The molecule has 3 heterocycles. The minimum absolute atomic E-state index is 0.210. The molecule has 0 fully saturated rings. The van der Waals surface area contributed by atoms with Crippen molar-refractivity contribution in [1.82, 2.24) is 15.0 Å². The maximum Gasteiger partial charge on any atom is 0.252 e. The third-order valence-electron chi connectivity index (χ3n) is 3.90. The van der Waals surface area contributed by atoms with Gasteiger partial charge in [0.05, 0.1) is 17.0 Å². The van der Waals surface area contributed by atoms with Crippen molar-refractivity contribution in [2.45, 2.75) is 0 Å². The fraction of sp³-hybridized carbons (Fsp3) is 0. The standard InChI is InChI=1S/C18H7F3N4/c19-13-7-11(15(20)18(21)25-13)12(8-22)14-9-3-1-5-23-16(9)17-10(14)4-2-6-24-17/h1-7H. The molecule has 0 saturated carbocycles. The highest BCUT2D eigenvalue weighted by Gasteiger charge is 2.30. The lowest BCUT2D eigenvalue weighted by molar-refractivity contribution is 0.445. The molecule has 0 atom stereocenters. The molecule has 4 nitrogen and oxygen atoms in total. The molecule has 120 valence electrons. The van der Waals surface area contributed by atoms with Crippen molar-refractivity contribution >= 4 is 11.1 Å². The molecule has 1 aliphatic rings. The predicted molar refractivity (Wildman–Crippen MR) is 83.1 cm³/mol. The molecular formula is C18H7F3N4. The summed E-state index contributed by atoms with van der Waals surface area (Å²) in [5, 5.41) is 9.62. The highest BCUT2D eigenvalue weighted by molar-refractivity contribution is 6.11. The molecular weight excluding hydrogens is 329 g/mol. The third-order valence-corrected chi connectivity index (χ3v) is 3.90. The molecule has 1 aliphatic carbocycles. The van der Waals surface area contributed by atoms with Crippen LogP contribution in [0, 0.1) is 29.0 Å². The molecule has 0 aromatic carbocycles. The number of hydrogen-bond donors (Lipinski definition) is 0. The van der Waals surface area contributed by atoms with Crippen molar-refractivity contribution in [2.24, 2.45) is 0 Å². The normalized spacial score (nSPS) is 11.7. The van der Waals surface area contributed by atoms with Gasteiger partial charge >= 0.3 is 0 Å². The molecule has 7 heteroatoms. The summed E-state index contributed by atoms with van der Waals surface area (Å²) in [5.41, 5.74) is 1.77. The summed E-state index contributed by atoms with van der Waals surface area (Å²) in [6.07, 6.45) is 3.14. The van der Waals surface area contributed by atoms with Crippen molar-refractivity contribution in [3.8, 4) is 17.5 Å². The van der Waals surface area contributed by atoms with Gasteiger partial charge in [0, 0.05) is 40.7 Å². The van der Waals surface area contributed by atoms with E-state index >= 15 is 0 Å². The van der Waals surface area contributed by atoms with Crippen LogP contribution >= 0.6 is 0 Å². The monoisotopic (exact) mass is 336 g/mol. The number of hydrogen-bond acceptors (Lipinski definition) is 4. The van der Waals surface area contributed by atoms with Gasteiger partial charge in [0.1, 0.15) is 6.07 Å². The average molecular weight is 336 g/mol. The summed E-state index contributed by atoms with van der Waals surface area (Å²) in [7, 11) is 0. The minimum atomic E-state index is -1.60. The van der Waals surface area contributed by atoms with Gasteiger partial charge in [0.2, 0.25) is 5.95 Å². The van der Waals surface area contributed by atoms with Gasteiger partial charge in [0.25, 0.3) is 5.95 Å². The van der Waals surface area contributed by atoms with Crippen LogP contribution in [0.15, 0.2) is 42.7 Å². The Morgan fingerprint density at radius 3 is 2.12 bits per heavy atom. The summed E-state index contributed by atoms with van der Waals surface area (Å²) in [5.74, 6) is -4.19. The smallest absolute Gasteiger partial charge is 0.252 e. The topological polar surface area (TPSA) is 62.5 Å². The maximum absolute atomic E-state index is 14.2. The van der Waals surface area contributed by atoms with E-state index in [1.165, 1.54) is 0 Å². The van der Waals surface area contributed by atoms with Gasteiger partial charge in [-0.05, 0) is 12.1 Å². The zero-order valence-corrected chi connectivity index (χ0v) is 12.5. The minimum Gasteiger partial charge on any atom is -0.254 e. The fourth-order valence-electron chi connectivity index (χ4n) is 2.91. The molecule has 4 rings (SSSR count). The van der Waals surface area contributed by atoms with Crippen molar-refractivity contribution < 1.29 is 13.2 Å². The summed E-state index contributed by atoms with van der Waals surface area (Å²) >= 11 is 0. The quantitative estimate of drug-likeness (QED) is 0.392. The molecule has 0 unspecified atom stereocenters. The average Bonchev–Trinajstić information content (AvgIpc) is 2.95. The van der Waals surface area contributed by atoms with Crippen LogP contribution < -0.4 is 0 Å². The second kappa shape index (κ2) is 5.53. The van der Waals surface area contributed by atoms with Crippen LogP contribution in [-0.4, -0.2) is 15.0 Å². The van der Waals surface area contributed by atoms with Gasteiger partial charge in [-0.1, -0.05) is 12.1 Å². The number of nitrogens with zero attached hydrogens (tertiary/aromatic N) is 4. The Morgan fingerprint density at radius 2 is 1.56 bits per heavy atom. The third kappa shape index (κ3) is 2.19. The van der Waals surface area contributed by atoms with E-state index in [1.54, 1.807) is 36.7 Å². The Morgan fingerprint density at radius 1 is 0.960 bits per heavy atom. The first kappa shape index (κ1) is 15.0. The van der Waals surface area contributed by atoms with Crippen molar-refractivity contribution in [3.63, 3.8) is 0 Å². The van der Waals surface area contributed by atoms with Crippen LogP contribution in [0.3, 0.4) is 0 Å². The summed E-state index contributed by atoms with van der Waals surface area (Å²) in [4.78, 5) is 11.3. The maximum atomic E-state index is 14.2. The van der Waals surface area contributed by atoms with Gasteiger partial charge < -0.3 is 0 Å². The lowest BCUT2D eigenvalue weighted by Gasteiger charge is -2.08. The van der Waals surface area contributed by atoms with Gasteiger partial charge in [-0.25, -0.2) is 4.39 Å². The summed E-state index contributed by atoms with van der Waals surface area (Å²) in [6.45, 7) is 0. The highest BCUT2D eigenvalue weighted by atomic mass is 19.2. The van der Waals surface area contributed by atoms with E-state index in [1.807, 2.05) is 6.07 Å². The van der Waals surface area contributed by atoms with Crippen molar-refractivity contribution in [3.05, 3.63) is 77.1 Å². The van der Waals surface area contributed by atoms with Gasteiger partial charge in [-0.15, -0.1) is 0 Å². The van der Waals surface area contributed by atoms with Gasteiger partial charge in [-0.3, -0.25) is 9.97 Å². The summed E-state index contributed by atoms with van der Waals surface area (Å²) in [6, 6.07) is 9.27. The Balaban J connectivity index is 2.13. The summed E-state index contributed by atoms with van der Waals surface area (Å²) < 4.78 is 41.2. The zero-order chi connectivity index (χ0) is 17.6. The lowest BCUT2D eigenvalue weighted by atomic mass is 9.95. The number of pyridine rings is 3. The van der Waals surface area contributed by atoms with E-state index < -0.39 is 23.3 Å². The molecule has 3 aromatic heterocycles. The SMILES string of the molecule is N#CC(=C1c2cccnc2-c2ncccc21)c1cc(F)nc(F)c1F. The zero-order valence-electron chi connectivity index (χ0n) is 12.5. The Hall–Kier alpha value is -3.53. The molecule has 0 bridgehead atoms. The molecule has 0 spiro atoms. The first-order chi connectivity index (χ1) is 12.1. The molecule has 3 aromatic rings. The van der Waals surface area contributed by atoms with Crippen molar-refractivity contribution in [2.75, 3.05) is 0 Å². The number of rotatable bonds is 1. The van der Waals surface area contributed by atoms with Gasteiger partial charge in [0.15, 0.2) is 5.82 Å². The second-order valence-corrected chi connectivity index (χ2v) is 5.26. The van der Waals surface area contributed by atoms with E-state index in [0.29, 0.717) is 34.2 Å². The highest BCUT2D eigenvalue weighted by Crippen LogP contribution is 2.45. The van der Waals surface area contributed by atoms with Crippen molar-refractivity contribution in [1.29, 1.82) is 5.26 Å². The molecule has 0 radical (unpaired) electrons. The molecule has 0 aliphatic heterocycles. The Kier molecular flexibility index (Phi) is 3.32. The number of nitriles is 1. The van der Waals surface area contributed by atoms with E-state index in [-0.39, 0.29) is 5.57 Å². The van der Waals surface area contributed by atoms with Crippen LogP contribution in [0.1, 0.15) is 16.7 Å². The fourth-order valence-corrected chi connectivity index (χ4v) is 2.91. The van der Waals surface area contributed by atoms with Crippen LogP contribution in [0.4, 0.5) is 13.2 Å². The largest absolute Gasteiger partial charge is 0.254 e.